The zero-order valence-electron chi connectivity index (χ0n) is 23.9. The Morgan fingerprint density at radius 3 is 2.10 bits per heavy atom. The average Bonchev–Trinajstić information content (AvgIpc) is 2.86. The van der Waals surface area contributed by atoms with Crippen LogP contribution in [0.2, 0.25) is 5.02 Å². The summed E-state index contributed by atoms with van der Waals surface area (Å²) in [5.74, 6) is -0.825. The van der Waals surface area contributed by atoms with Gasteiger partial charge in [0.15, 0.2) is 0 Å². The minimum atomic E-state index is -3.86. The molecule has 0 unspecified atom stereocenters. The SMILES string of the molecule is Cc1ccc(CN(C(=O)CN(c2ccc(C)c(Cl)c2)S(C)(=O)=O)[C@@H](Cc2ccccc2)C(=O)NC(C)(C)C)cc1. The van der Waals surface area contributed by atoms with E-state index < -0.39 is 34.1 Å². The molecule has 0 bridgehead atoms. The Labute approximate surface area is 243 Å². The monoisotopic (exact) mass is 583 g/mol. The minimum absolute atomic E-state index is 0.125. The topological polar surface area (TPSA) is 86.8 Å². The number of carbonyl (C=O) groups is 2. The van der Waals surface area contributed by atoms with Crippen molar-refractivity contribution in [3.05, 3.63) is 100 Å². The van der Waals surface area contributed by atoms with Crippen LogP contribution in [0.1, 0.15) is 43.0 Å². The zero-order chi connectivity index (χ0) is 29.7. The Morgan fingerprint density at radius 2 is 1.55 bits per heavy atom. The van der Waals surface area contributed by atoms with Crippen molar-refractivity contribution in [2.24, 2.45) is 0 Å². The summed E-state index contributed by atoms with van der Waals surface area (Å²) in [6, 6.07) is 21.1. The Balaban J connectivity index is 2.08. The molecule has 0 heterocycles. The molecule has 9 heteroatoms. The lowest BCUT2D eigenvalue weighted by Crippen LogP contribution is -2.56. The van der Waals surface area contributed by atoms with Gasteiger partial charge in [-0.3, -0.25) is 13.9 Å². The molecule has 0 saturated heterocycles. The molecule has 3 aromatic carbocycles. The molecule has 3 rings (SSSR count). The van der Waals surface area contributed by atoms with Gasteiger partial charge in [0.05, 0.1) is 11.9 Å². The smallest absolute Gasteiger partial charge is 0.244 e. The minimum Gasteiger partial charge on any atom is -0.350 e. The number of amides is 2. The molecule has 1 N–H and O–H groups in total. The molecular weight excluding hydrogens is 546 g/mol. The van der Waals surface area contributed by atoms with Crippen LogP contribution < -0.4 is 9.62 Å². The Bertz CT molecular complexity index is 1440. The highest BCUT2D eigenvalue weighted by atomic mass is 35.5. The maximum absolute atomic E-state index is 14.1. The van der Waals surface area contributed by atoms with Crippen LogP contribution in [0, 0.1) is 13.8 Å². The number of anilines is 1. The van der Waals surface area contributed by atoms with E-state index in [0.717, 1.165) is 32.8 Å². The molecule has 3 aromatic rings. The van der Waals surface area contributed by atoms with Crippen LogP contribution >= 0.6 is 11.6 Å². The lowest BCUT2D eigenvalue weighted by molar-refractivity contribution is -0.140. The molecule has 7 nitrogen and oxygen atoms in total. The maximum atomic E-state index is 14.1. The number of nitrogens with one attached hydrogen (secondary N) is 1. The molecule has 0 spiro atoms. The summed E-state index contributed by atoms with van der Waals surface area (Å²) in [5, 5.41) is 3.41. The van der Waals surface area contributed by atoms with E-state index in [1.54, 1.807) is 12.1 Å². The molecule has 0 saturated carbocycles. The molecule has 214 valence electrons. The highest BCUT2D eigenvalue weighted by molar-refractivity contribution is 7.92. The number of halogens is 1. The summed E-state index contributed by atoms with van der Waals surface area (Å²) in [6.45, 7) is 9.06. The van der Waals surface area contributed by atoms with Crippen molar-refractivity contribution < 1.29 is 18.0 Å². The van der Waals surface area contributed by atoms with Gasteiger partial charge in [0, 0.05) is 23.5 Å². The molecule has 0 aliphatic rings. The molecule has 1 atom stereocenters. The number of aryl methyl sites for hydroxylation is 2. The summed E-state index contributed by atoms with van der Waals surface area (Å²) in [7, 11) is -3.86. The summed E-state index contributed by atoms with van der Waals surface area (Å²) in [5.41, 5.74) is 3.29. The van der Waals surface area contributed by atoms with Gasteiger partial charge in [-0.25, -0.2) is 8.42 Å². The number of nitrogens with zero attached hydrogens (tertiary/aromatic N) is 2. The molecule has 0 aliphatic heterocycles. The third-order valence-corrected chi connectivity index (χ3v) is 7.91. The third kappa shape index (κ3) is 8.83. The first kappa shape index (κ1) is 31.2. The predicted molar refractivity (Wildman–Crippen MR) is 162 cm³/mol. The Morgan fingerprint density at radius 1 is 0.925 bits per heavy atom. The fourth-order valence-corrected chi connectivity index (χ4v) is 5.26. The van der Waals surface area contributed by atoms with Crippen molar-refractivity contribution in [1.82, 2.24) is 10.2 Å². The maximum Gasteiger partial charge on any atom is 0.244 e. The molecule has 0 radical (unpaired) electrons. The van der Waals surface area contributed by atoms with Crippen molar-refractivity contribution >= 4 is 39.1 Å². The Hall–Kier alpha value is -3.36. The lowest BCUT2D eigenvalue weighted by atomic mass is 10.0. The van der Waals surface area contributed by atoms with E-state index in [0.29, 0.717) is 5.02 Å². The fourth-order valence-electron chi connectivity index (χ4n) is 4.25. The molecule has 2 amide bonds. The summed E-state index contributed by atoms with van der Waals surface area (Å²) in [6.07, 6.45) is 1.31. The number of hydrogen-bond donors (Lipinski definition) is 1. The van der Waals surface area contributed by atoms with Crippen molar-refractivity contribution in [2.45, 2.75) is 59.2 Å². The number of carbonyl (C=O) groups excluding carboxylic acids is 2. The summed E-state index contributed by atoms with van der Waals surface area (Å²) >= 11 is 6.30. The highest BCUT2D eigenvalue weighted by Gasteiger charge is 2.34. The van der Waals surface area contributed by atoms with Crippen molar-refractivity contribution in [1.29, 1.82) is 0 Å². The molecule has 0 fully saturated rings. The van der Waals surface area contributed by atoms with Gasteiger partial charge in [0.2, 0.25) is 21.8 Å². The summed E-state index contributed by atoms with van der Waals surface area (Å²) in [4.78, 5) is 29.3. The van der Waals surface area contributed by atoms with Gasteiger partial charge in [-0.15, -0.1) is 0 Å². The van der Waals surface area contributed by atoms with E-state index in [4.69, 9.17) is 11.6 Å². The van der Waals surface area contributed by atoms with E-state index >= 15 is 0 Å². The second kappa shape index (κ2) is 12.9. The number of benzene rings is 3. The molecular formula is C31H38ClN3O4S. The van der Waals surface area contributed by atoms with Crippen LogP contribution in [-0.4, -0.2) is 49.5 Å². The van der Waals surface area contributed by atoms with Crippen LogP contribution in [-0.2, 0) is 32.6 Å². The van der Waals surface area contributed by atoms with Gasteiger partial charge < -0.3 is 10.2 Å². The fraction of sp³-hybridized carbons (Fsp3) is 0.355. The van der Waals surface area contributed by atoms with E-state index in [1.807, 2.05) is 89.2 Å². The number of hydrogen-bond acceptors (Lipinski definition) is 4. The van der Waals surface area contributed by atoms with E-state index in [2.05, 4.69) is 5.32 Å². The first-order valence-electron chi connectivity index (χ1n) is 13.1. The highest BCUT2D eigenvalue weighted by Crippen LogP contribution is 2.26. The number of sulfonamides is 1. The van der Waals surface area contributed by atoms with Gasteiger partial charge in [-0.2, -0.15) is 0 Å². The van der Waals surface area contributed by atoms with E-state index in [1.165, 1.54) is 11.0 Å². The first-order valence-corrected chi connectivity index (χ1v) is 15.3. The van der Waals surface area contributed by atoms with Crippen LogP contribution in [0.4, 0.5) is 5.69 Å². The second-order valence-corrected chi connectivity index (χ2v) is 13.5. The van der Waals surface area contributed by atoms with Gasteiger partial charge in [-0.05, 0) is 63.4 Å². The molecule has 40 heavy (non-hydrogen) atoms. The largest absolute Gasteiger partial charge is 0.350 e. The summed E-state index contributed by atoms with van der Waals surface area (Å²) < 4.78 is 26.8. The predicted octanol–water partition coefficient (Wildman–Crippen LogP) is 5.28. The van der Waals surface area contributed by atoms with E-state index in [9.17, 15) is 18.0 Å². The van der Waals surface area contributed by atoms with E-state index in [-0.39, 0.29) is 24.6 Å². The van der Waals surface area contributed by atoms with Gasteiger partial charge >= 0.3 is 0 Å². The van der Waals surface area contributed by atoms with Crippen LogP contribution in [0.15, 0.2) is 72.8 Å². The van der Waals surface area contributed by atoms with Gasteiger partial charge in [-0.1, -0.05) is 77.8 Å². The van der Waals surface area contributed by atoms with Gasteiger partial charge in [0.25, 0.3) is 0 Å². The van der Waals surface area contributed by atoms with Crippen molar-refractivity contribution in [2.75, 3.05) is 17.1 Å². The van der Waals surface area contributed by atoms with Gasteiger partial charge in [0.1, 0.15) is 12.6 Å². The lowest BCUT2D eigenvalue weighted by Gasteiger charge is -2.35. The number of rotatable bonds is 10. The van der Waals surface area contributed by atoms with Crippen molar-refractivity contribution in [3.63, 3.8) is 0 Å². The zero-order valence-corrected chi connectivity index (χ0v) is 25.5. The quantitative estimate of drug-likeness (QED) is 0.352. The average molecular weight is 584 g/mol. The third-order valence-electron chi connectivity index (χ3n) is 6.37. The Kier molecular flexibility index (Phi) is 10.0. The normalized spacial score (nSPS) is 12.5. The van der Waals surface area contributed by atoms with Crippen LogP contribution in [0.25, 0.3) is 0 Å². The molecule has 0 aromatic heterocycles. The van der Waals surface area contributed by atoms with Crippen LogP contribution in [0.5, 0.6) is 0 Å². The van der Waals surface area contributed by atoms with Crippen LogP contribution in [0.3, 0.4) is 0 Å². The molecule has 0 aliphatic carbocycles. The van der Waals surface area contributed by atoms with Crippen molar-refractivity contribution in [3.8, 4) is 0 Å². The first-order chi connectivity index (χ1) is 18.6. The standard InChI is InChI=1S/C31H38ClN3O4S/c1-22-12-15-25(16-13-22)20-34(28(30(37)33-31(3,4)5)18-24-10-8-7-9-11-24)29(36)21-35(40(6,38)39)26-17-14-23(2)27(32)19-26/h7-17,19,28H,18,20-21H2,1-6H3,(H,33,37)/t28-/m0/s1. The second-order valence-electron chi connectivity index (χ2n) is 11.2.